The highest BCUT2D eigenvalue weighted by molar-refractivity contribution is 6.39. The van der Waals surface area contributed by atoms with Gasteiger partial charge in [0.25, 0.3) is 5.69 Å². The molecule has 1 heterocycles. The first kappa shape index (κ1) is 14.4. The van der Waals surface area contributed by atoms with Crippen molar-refractivity contribution in [1.29, 1.82) is 0 Å². The molecule has 0 aliphatic carbocycles. The molecule has 0 fully saturated rings. The molecule has 3 N–H and O–H groups in total. The van der Waals surface area contributed by atoms with Crippen LogP contribution in [0.15, 0.2) is 30.5 Å². The van der Waals surface area contributed by atoms with Gasteiger partial charge in [-0.25, -0.2) is 4.98 Å². The maximum absolute atomic E-state index is 10.7. The topological polar surface area (TPSA) is 94.1 Å². The quantitative estimate of drug-likeness (QED) is 0.665. The van der Waals surface area contributed by atoms with Gasteiger partial charge in [0.1, 0.15) is 5.82 Å². The van der Waals surface area contributed by atoms with E-state index in [1.807, 2.05) is 6.07 Å². The summed E-state index contributed by atoms with van der Waals surface area (Å²) in [6.45, 7) is 0.421. The molecular weight excluding hydrogens is 303 g/mol. The highest BCUT2D eigenvalue weighted by Gasteiger charge is 2.14. The van der Waals surface area contributed by atoms with E-state index in [0.29, 0.717) is 18.1 Å². The molecule has 0 saturated carbocycles. The maximum Gasteiger partial charge on any atom is 0.272 e. The molecule has 0 aliphatic rings. The first-order valence-electron chi connectivity index (χ1n) is 5.55. The SMILES string of the molecule is Nc1ccc(CNc2c(Cl)cc([N+](=O)[O-])cc2Cl)cn1. The zero-order valence-corrected chi connectivity index (χ0v) is 11.6. The second-order valence-electron chi connectivity index (χ2n) is 3.99. The van der Waals surface area contributed by atoms with E-state index in [1.165, 1.54) is 12.1 Å². The van der Waals surface area contributed by atoms with Crippen molar-refractivity contribution in [2.24, 2.45) is 0 Å². The summed E-state index contributed by atoms with van der Waals surface area (Å²) in [5, 5.41) is 14.1. The number of halogens is 2. The van der Waals surface area contributed by atoms with Crippen molar-refractivity contribution in [2.75, 3.05) is 11.1 Å². The number of nitro groups is 1. The Morgan fingerprint density at radius 3 is 2.45 bits per heavy atom. The fourth-order valence-electron chi connectivity index (χ4n) is 1.56. The lowest BCUT2D eigenvalue weighted by molar-refractivity contribution is -0.384. The van der Waals surface area contributed by atoms with Gasteiger partial charge >= 0.3 is 0 Å². The van der Waals surface area contributed by atoms with Crippen LogP contribution in [0, 0.1) is 10.1 Å². The Balaban J connectivity index is 2.17. The number of nitrogens with two attached hydrogens (primary N) is 1. The van der Waals surface area contributed by atoms with Gasteiger partial charge in [0.05, 0.1) is 20.7 Å². The van der Waals surface area contributed by atoms with Crippen molar-refractivity contribution in [2.45, 2.75) is 6.54 Å². The first-order valence-corrected chi connectivity index (χ1v) is 6.30. The number of non-ortho nitro benzene ring substituents is 1. The fourth-order valence-corrected chi connectivity index (χ4v) is 2.17. The predicted molar refractivity (Wildman–Crippen MR) is 79.1 cm³/mol. The lowest BCUT2D eigenvalue weighted by Crippen LogP contribution is -2.02. The van der Waals surface area contributed by atoms with Crippen molar-refractivity contribution in [1.82, 2.24) is 4.98 Å². The number of nitrogen functional groups attached to an aromatic ring is 1. The van der Waals surface area contributed by atoms with Gasteiger partial charge in [-0.3, -0.25) is 10.1 Å². The molecule has 8 heteroatoms. The van der Waals surface area contributed by atoms with Gasteiger partial charge in [0.15, 0.2) is 0 Å². The van der Waals surface area contributed by atoms with Crippen LogP contribution in [0.4, 0.5) is 17.2 Å². The number of hydrogen-bond donors (Lipinski definition) is 2. The minimum Gasteiger partial charge on any atom is -0.384 e. The molecule has 104 valence electrons. The molecule has 0 unspecified atom stereocenters. The molecule has 0 atom stereocenters. The predicted octanol–water partition coefficient (Wildman–Crippen LogP) is 3.49. The van der Waals surface area contributed by atoms with Crippen LogP contribution in [-0.4, -0.2) is 9.91 Å². The van der Waals surface area contributed by atoms with Crippen molar-refractivity contribution in [3.8, 4) is 0 Å². The molecule has 0 radical (unpaired) electrons. The summed E-state index contributed by atoms with van der Waals surface area (Å²) < 4.78 is 0. The second-order valence-corrected chi connectivity index (χ2v) is 4.80. The molecule has 1 aromatic carbocycles. The normalized spacial score (nSPS) is 10.3. The Kier molecular flexibility index (Phi) is 4.26. The largest absolute Gasteiger partial charge is 0.384 e. The second kappa shape index (κ2) is 5.94. The Morgan fingerprint density at radius 2 is 1.95 bits per heavy atom. The van der Waals surface area contributed by atoms with E-state index in [-0.39, 0.29) is 15.7 Å². The van der Waals surface area contributed by atoms with E-state index in [4.69, 9.17) is 28.9 Å². The number of nitrogens with one attached hydrogen (secondary N) is 1. The summed E-state index contributed by atoms with van der Waals surface area (Å²) in [4.78, 5) is 14.1. The Morgan fingerprint density at radius 1 is 1.30 bits per heavy atom. The molecular formula is C12H10Cl2N4O2. The molecule has 2 rings (SSSR count). The van der Waals surface area contributed by atoms with Gasteiger partial charge in [0, 0.05) is 24.9 Å². The summed E-state index contributed by atoms with van der Waals surface area (Å²) in [6, 6.07) is 5.98. The number of nitrogens with zero attached hydrogens (tertiary/aromatic N) is 2. The minimum absolute atomic E-state index is 0.153. The molecule has 0 bridgehead atoms. The zero-order chi connectivity index (χ0) is 14.7. The lowest BCUT2D eigenvalue weighted by atomic mass is 10.2. The minimum atomic E-state index is -0.550. The maximum atomic E-state index is 10.7. The fraction of sp³-hybridized carbons (Fsp3) is 0.0833. The number of benzene rings is 1. The van der Waals surface area contributed by atoms with Crippen LogP contribution < -0.4 is 11.1 Å². The van der Waals surface area contributed by atoms with Crippen LogP contribution >= 0.6 is 23.2 Å². The summed E-state index contributed by atoms with van der Waals surface area (Å²) in [7, 11) is 0. The summed E-state index contributed by atoms with van der Waals surface area (Å²) in [5.74, 6) is 0.431. The number of anilines is 2. The molecule has 2 aromatic rings. The van der Waals surface area contributed by atoms with E-state index < -0.39 is 4.92 Å². The number of nitro benzene ring substituents is 1. The first-order chi connectivity index (χ1) is 9.47. The molecule has 0 aliphatic heterocycles. The molecule has 20 heavy (non-hydrogen) atoms. The summed E-state index contributed by atoms with van der Waals surface area (Å²) in [6.07, 6.45) is 1.62. The molecule has 1 aromatic heterocycles. The van der Waals surface area contributed by atoms with Crippen LogP contribution in [-0.2, 0) is 6.54 Å². The highest BCUT2D eigenvalue weighted by atomic mass is 35.5. The van der Waals surface area contributed by atoms with Crippen LogP contribution in [0.5, 0.6) is 0 Å². The van der Waals surface area contributed by atoms with Gasteiger partial charge in [-0.1, -0.05) is 29.3 Å². The third-order valence-corrected chi connectivity index (χ3v) is 3.15. The van der Waals surface area contributed by atoms with Gasteiger partial charge in [-0.2, -0.15) is 0 Å². The molecule has 6 nitrogen and oxygen atoms in total. The number of aromatic nitrogens is 1. The van der Waals surface area contributed by atoms with Crippen molar-refractivity contribution in [3.05, 3.63) is 56.2 Å². The van der Waals surface area contributed by atoms with Crippen LogP contribution in [0.2, 0.25) is 10.0 Å². The Labute approximate surface area is 124 Å². The average molecular weight is 313 g/mol. The lowest BCUT2D eigenvalue weighted by Gasteiger charge is -2.10. The standard InChI is InChI=1S/C12H10Cl2N4O2/c13-9-3-8(18(19)20)4-10(14)12(9)17-6-7-1-2-11(15)16-5-7/h1-5,17H,6H2,(H2,15,16). The smallest absolute Gasteiger partial charge is 0.272 e. The van der Waals surface area contributed by atoms with E-state index in [2.05, 4.69) is 10.3 Å². The van der Waals surface area contributed by atoms with Gasteiger partial charge in [-0.05, 0) is 11.6 Å². The third kappa shape index (κ3) is 3.28. The van der Waals surface area contributed by atoms with E-state index in [1.54, 1.807) is 12.3 Å². The molecule has 0 saturated heterocycles. The van der Waals surface area contributed by atoms with Gasteiger partial charge in [0.2, 0.25) is 0 Å². The Bertz CT molecular complexity index is 623. The highest BCUT2D eigenvalue weighted by Crippen LogP contribution is 2.34. The molecule has 0 amide bonds. The number of rotatable bonds is 4. The van der Waals surface area contributed by atoms with Crippen molar-refractivity contribution >= 4 is 40.4 Å². The Hall–Kier alpha value is -2.05. The zero-order valence-electron chi connectivity index (χ0n) is 10.1. The van der Waals surface area contributed by atoms with E-state index >= 15 is 0 Å². The third-order valence-electron chi connectivity index (χ3n) is 2.55. The number of pyridine rings is 1. The van der Waals surface area contributed by atoms with E-state index in [0.717, 1.165) is 5.56 Å². The molecule has 0 spiro atoms. The van der Waals surface area contributed by atoms with Crippen LogP contribution in [0.1, 0.15) is 5.56 Å². The summed E-state index contributed by atoms with van der Waals surface area (Å²) >= 11 is 12.0. The van der Waals surface area contributed by atoms with Gasteiger partial charge < -0.3 is 11.1 Å². The van der Waals surface area contributed by atoms with Crippen LogP contribution in [0.25, 0.3) is 0 Å². The van der Waals surface area contributed by atoms with Crippen molar-refractivity contribution < 1.29 is 4.92 Å². The average Bonchev–Trinajstić information content (AvgIpc) is 2.39. The van der Waals surface area contributed by atoms with E-state index in [9.17, 15) is 10.1 Å². The van der Waals surface area contributed by atoms with Crippen LogP contribution in [0.3, 0.4) is 0 Å². The van der Waals surface area contributed by atoms with Gasteiger partial charge in [-0.15, -0.1) is 0 Å². The monoisotopic (exact) mass is 312 g/mol. The summed E-state index contributed by atoms with van der Waals surface area (Å²) in [5.41, 5.74) is 6.66. The number of hydrogen-bond acceptors (Lipinski definition) is 5. The van der Waals surface area contributed by atoms with Crippen molar-refractivity contribution in [3.63, 3.8) is 0 Å².